The van der Waals surface area contributed by atoms with E-state index < -0.39 is 0 Å². The zero-order valence-corrected chi connectivity index (χ0v) is 12.1. The summed E-state index contributed by atoms with van der Waals surface area (Å²) in [5.41, 5.74) is 4.35. The van der Waals surface area contributed by atoms with Crippen molar-refractivity contribution < 1.29 is 0 Å². The SMILES string of the molecule is Cc1ccc(CCN(C)c2cc(C#N)ncn2)cc1C. The van der Waals surface area contributed by atoms with Gasteiger partial charge in [0.15, 0.2) is 0 Å². The molecule has 0 amide bonds. The number of aryl methyl sites for hydroxylation is 2. The molecule has 0 saturated heterocycles. The fourth-order valence-corrected chi connectivity index (χ4v) is 1.99. The van der Waals surface area contributed by atoms with Gasteiger partial charge in [0.05, 0.1) is 0 Å². The minimum Gasteiger partial charge on any atom is -0.359 e. The quantitative estimate of drug-likeness (QED) is 0.853. The van der Waals surface area contributed by atoms with Gasteiger partial charge in [-0.2, -0.15) is 5.26 Å². The highest BCUT2D eigenvalue weighted by atomic mass is 15.2. The van der Waals surface area contributed by atoms with E-state index in [4.69, 9.17) is 5.26 Å². The van der Waals surface area contributed by atoms with E-state index in [9.17, 15) is 0 Å². The van der Waals surface area contributed by atoms with Crippen LogP contribution in [0.5, 0.6) is 0 Å². The number of likely N-dealkylation sites (N-methyl/N-ethyl adjacent to an activating group) is 1. The summed E-state index contributed by atoms with van der Waals surface area (Å²) < 4.78 is 0. The maximum absolute atomic E-state index is 8.85. The van der Waals surface area contributed by atoms with Gasteiger partial charge in [0.2, 0.25) is 0 Å². The molecule has 0 radical (unpaired) electrons. The molecule has 0 aliphatic rings. The van der Waals surface area contributed by atoms with E-state index in [1.807, 2.05) is 18.0 Å². The van der Waals surface area contributed by atoms with Crippen molar-refractivity contribution in [3.05, 3.63) is 53.0 Å². The summed E-state index contributed by atoms with van der Waals surface area (Å²) in [7, 11) is 1.98. The number of rotatable bonds is 4. The second kappa shape index (κ2) is 6.16. The second-order valence-electron chi connectivity index (χ2n) is 4.96. The number of benzene rings is 1. The van der Waals surface area contributed by atoms with Crippen molar-refractivity contribution in [3.8, 4) is 6.07 Å². The Labute approximate surface area is 119 Å². The molecule has 2 aromatic rings. The van der Waals surface area contributed by atoms with E-state index in [1.54, 1.807) is 6.07 Å². The van der Waals surface area contributed by atoms with Crippen LogP contribution in [0.1, 0.15) is 22.4 Å². The average molecular weight is 266 g/mol. The highest BCUT2D eigenvalue weighted by molar-refractivity contribution is 5.41. The van der Waals surface area contributed by atoms with Crippen molar-refractivity contribution in [1.82, 2.24) is 9.97 Å². The van der Waals surface area contributed by atoms with Crippen molar-refractivity contribution in [2.24, 2.45) is 0 Å². The normalized spacial score (nSPS) is 10.1. The Hall–Kier alpha value is -2.41. The van der Waals surface area contributed by atoms with Gasteiger partial charge in [0.25, 0.3) is 0 Å². The number of hydrogen-bond acceptors (Lipinski definition) is 4. The third kappa shape index (κ3) is 3.33. The van der Waals surface area contributed by atoms with Gasteiger partial charge in [-0.1, -0.05) is 18.2 Å². The summed E-state index contributed by atoms with van der Waals surface area (Å²) in [6.45, 7) is 5.10. The number of nitriles is 1. The third-order valence-electron chi connectivity index (χ3n) is 3.47. The lowest BCUT2D eigenvalue weighted by atomic mass is 10.0. The first-order chi connectivity index (χ1) is 9.60. The molecule has 4 heteroatoms. The van der Waals surface area contributed by atoms with Crippen molar-refractivity contribution in [2.45, 2.75) is 20.3 Å². The Kier molecular flexibility index (Phi) is 4.31. The molecule has 1 heterocycles. The molecule has 4 nitrogen and oxygen atoms in total. The molecule has 0 saturated carbocycles. The smallest absolute Gasteiger partial charge is 0.145 e. The van der Waals surface area contributed by atoms with E-state index in [0.717, 1.165) is 18.8 Å². The lowest BCUT2D eigenvalue weighted by Gasteiger charge is -2.18. The first-order valence-corrected chi connectivity index (χ1v) is 6.59. The molecule has 0 spiro atoms. The first kappa shape index (κ1) is 14.0. The summed E-state index contributed by atoms with van der Waals surface area (Å²) in [6.07, 6.45) is 2.38. The van der Waals surface area contributed by atoms with Crippen molar-refractivity contribution in [3.63, 3.8) is 0 Å². The highest BCUT2D eigenvalue weighted by Gasteiger charge is 2.05. The molecule has 102 valence electrons. The second-order valence-corrected chi connectivity index (χ2v) is 4.96. The zero-order valence-electron chi connectivity index (χ0n) is 12.1. The van der Waals surface area contributed by atoms with Crippen LogP contribution in [0.25, 0.3) is 0 Å². The Morgan fingerprint density at radius 2 is 1.95 bits per heavy atom. The van der Waals surface area contributed by atoms with E-state index in [0.29, 0.717) is 5.69 Å². The van der Waals surface area contributed by atoms with Gasteiger partial charge in [0.1, 0.15) is 23.9 Å². The van der Waals surface area contributed by atoms with Crippen LogP contribution in [-0.4, -0.2) is 23.6 Å². The summed E-state index contributed by atoms with van der Waals surface area (Å²) in [6, 6.07) is 10.3. The van der Waals surface area contributed by atoms with Gasteiger partial charge in [-0.05, 0) is 37.0 Å². The number of anilines is 1. The summed E-state index contributed by atoms with van der Waals surface area (Å²) in [4.78, 5) is 10.1. The first-order valence-electron chi connectivity index (χ1n) is 6.59. The van der Waals surface area contributed by atoms with Gasteiger partial charge >= 0.3 is 0 Å². The monoisotopic (exact) mass is 266 g/mol. The van der Waals surface area contributed by atoms with Crippen LogP contribution in [0.4, 0.5) is 5.82 Å². The molecule has 0 aliphatic carbocycles. The summed E-state index contributed by atoms with van der Waals surface area (Å²) in [5.74, 6) is 0.778. The largest absolute Gasteiger partial charge is 0.359 e. The molecule has 20 heavy (non-hydrogen) atoms. The van der Waals surface area contributed by atoms with Gasteiger partial charge in [0, 0.05) is 19.7 Å². The van der Waals surface area contributed by atoms with Crippen LogP contribution in [0.2, 0.25) is 0 Å². The molecule has 0 bridgehead atoms. The van der Waals surface area contributed by atoms with E-state index in [2.05, 4.69) is 42.0 Å². The maximum Gasteiger partial charge on any atom is 0.145 e. The van der Waals surface area contributed by atoms with Crippen LogP contribution in [0.3, 0.4) is 0 Å². The van der Waals surface area contributed by atoms with Crippen LogP contribution in [0.15, 0.2) is 30.6 Å². The zero-order chi connectivity index (χ0) is 14.5. The molecule has 0 N–H and O–H groups in total. The predicted molar refractivity (Wildman–Crippen MR) is 79.6 cm³/mol. The van der Waals surface area contributed by atoms with Gasteiger partial charge < -0.3 is 4.90 Å². The molecule has 0 fully saturated rings. The standard InChI is InChI=1S/C16H18N4/c1-12-4-5-14(8-13(12)2)6-7-20(3)16-9-15(10-17)18-11-19-16/h4-5,8-9,11H,6-7H2,1-3H3. The number of nitrogens with zero attached hydrogens (tertiary/aromatic N) is 4. The van der Waals surface area contributed by atoms with Gasteiger partial charge in [-0.15, -0.1) is 0 Å². The van der Waals surface area contributed by atoms with Crippen LogP contribution >= 0.6 is 0 Å². The Bertz CT molecular complexity index is 643. The summed E-state index contributed by atoms with van der Waals surface area (Å²) >= 11 is 0. The maximum atomic E-state index is 8.85. The van der Waals surface area contributed by atoms with Crippen LogP contribution < -0.4 is 4.90 Å². The minimum atomic E-state index is 0.396. The van der Waals surface area contributed by atoms with E-state index in [-0.39, 0.29) is 0 Å². The van der Waals surface area contributed by atoms with Crippen molar-refractivity contribution in [1.29, 1.82) is 5.26 Å². The summed E-state index contributed by atoms with van der Waals surface area (Å²) in [5, 5.41) is 8.85. The fourth-order valence-electron chi connectivity index (χ4n) is 1.99. The van der Waals surface area contributed by atoms with Crippen LogP contribution in [-0.2, 0) is 6.42 Å². The van der Waals surface area contributed by atoms with Gasteiger partial charge in [-0.25, -0.2) is 9.97 Å². The van der Waals surface area contributed by atoms with E-state index >= 15 is 0 Å². The lowest BCUT2D eigenvalue weighted by Crippen LogP contribution is -2.21. The molecule has 1 aromatic heterocycles. The topological polar surface area (TPSA) is 52.8 Å². The average Bonchev–Trinajstić information content (AvgIpc) is 2.48. The Morgan fingerprint density at radius 3 is 2.65 bits per heavy atom. The highest BCUT2D eigenvalue weighted by Crippen LogP contribution is 2.13. The van der Waals surface area contributed by atoms with Crippen LogP contribution in [0, 0.1) is 25.2 Å². The minimum absolute atomic E-state index is 0.396. The molecule has 0 unspecified atom stereocenters. The Balaban J connectivity index is 2.02. The van der Waals surface area contributed by atoms with Gasteiger partial charge in [-0.3, -0.25) is 0 Å². The number of hydrogen-bond donors (Lipinski definition) is 0. The number of aromatic nitrogens is 2. The molecular weight excluding hydrogens is 248 g/mol. The predicted octanol–water partition coefficient (Wildman–Crippen LogP) is 2.64. The molecule has 0 aliphatic heterocycles. The lowest BCUT2D eigenvalue weighted by molar-refractivity contribution is 0.853. The molecule has 1 aromatic carbocycles. The fraction of sp³-hybridized carbons (Fsp3) is 0.312. The third-order valence-corrected chi connectivity index (χ3v) is 3.47. The van der Waals surface area contributed by atoms with E-state index in [1.165, 1.54) is 23.0 Å². The van der Waals surface area contributed by atoms with Crippen molar-refractivity contribution >= 4 is 5.82 Å². The molecular formula is C16H18N4. The van der Waals surface area contributed by atoms with Crippen molar-refractivity contribution in [2.75, 3.05) is 18.5 Å². The molecule has 2 rings (SSSR count). The molecule has 0 atom stereocenters. The Morgan fingerprint density at radius 1 is 1.15 bits per heavy atom.